The van der Waals surface area contributed by atoms with Gasteiger partial charge in [0.2, 0.25) is 5.91 Å². The highest BCUT2D eigenvalue weighted by Gasteiger charge is 2.38. The third kappa shape index (κ3) is 3.72. The van der Waals surface area contributed by atoms with E-state index in [2.05, 4.69) is 15.6 Å². The molecule has 1 aliphatic rings. The van der Waals surface area contributed by atoms with Gasteiger partial charge < -0.3 is 10.6 Å². The van der Waals surface area contributed by atoms with E-state index in [1.54, 1.807) is 25.1 Å². The molecule has 2 N–H and O–H groups in total. The lowest BCUT2D eigenvalue weighted by Gasteiger charge is -2.21. The summed E-state index contributed by atoms with van der Waals surface area (Å²) in [5, 5.41) is 5.30. The maximum absolute atomic E-state index is 13.8. The van der Waals surface area contributed by atoms with Gasteiger partial charge in [0.05, 0.1) is 22.7 Å². The molecule has 1 atom stereocenters. The van der Waals surface area contributed by atoms with Gasteiger partial charge in [-0.3, -0.25) is 14.6 Å². The van der Waals surface area contributed by atoms with E-state index in [0.717, 1.165) is 17.3 Å². The third-order valence-corrected chi connectivity index (χ3v) is 5.18. The average Bonchev–Trinajstić information content (AvgIpc) is 2.71. The zero-order valence-corrected chi connectivity index (χ0v) is 16.0. The number of para-hydroxylation sites is 1. The summed E-state index contributed by atoms with van der Waals surface area (Å²) in [6.07, 6.45) is -2.80. The number of carbonyl (C=O) groups is 2. The third-order valence-electron chi connectivity index (χ3n) is 5.18. The lowest BCUT2D eigenvalue weighted by Crippen LogP contribution is -2.29. The van der Waals surface area contributed by atoms with Gasteiger partial charge in [0.15, 0.2) is 0 Å². The Bertz CT molecular complexity index is 1160. The molecule has 154 valence electrons. The normalized spacial score (nSPS) is 14.7. The standard InChI is InChI=1S/C22H18F3N3O2/c1-12(13-6-8-17-14(10-13)7-9-19(29)28-17)27-21(30)16-11-26-18-5-3-2-4-15(18)20(16)22(23,24)25/h2-6,8,10-12H,7,9H2,1H3,(H,27,30)(H,28,29). The number of rotatable bonds is 3. The Morgan fingerprint density at radius 3 is 2.70 bits per heavy atom. The molecular weight excluding hydrogens is 395 g/mol. The molecule has 0 saturated carbocycles. The second-order valence-corrected chi connectivity index (χ2v) is 7.22. The molecule has 0 fully saturated rings. The number of aromatic nitrogens is 1. The molecule has 8 heteroatoms. The monoisotopic (exact) mass is 413 g/mol. The predicted octanol–water partition coefficient (Wildman–Crippen LogP) is 4.63. The van der Waals surface area contributed by atoms with Crippen LogP contribution in [0.4, 0.5) is 18.9 Å². The van der Waals surface area contributed by atoms with Gasteiger partial charge in [0.1, 0.15) is 0 Å². The van der Waals surface area contributed by atoms with Crippen molar-refractivity contribution in [1.29, 1.82) is 0 Å². The Kier molecular flexibility index (Phi) is 4.93. The van der Waals surface area contributed by atoms with E-state index in [1.165, 1.54) is 18.2 Å². The molecule has 0 saturated heterocycles. The molecule has 5 nitrogen and oxygen atoms in total. The Morgan fingerprint density at radius 1 is 1.17 bits per heavy atom. The lowest BCUT2D eigenvalue weighted by atomic mass is 9.97. The van der Waals surface area contributed by atoms with E-state index >= 15 is 0 Å². The van der Waals surface area contributed by atoms with Crippen LogP contribution in [-0.4, -0.2) is 16.8 Å². The van der Waals surface area contributed by atoms with E-state index in [-0.39, 0.29) is 16.8 Å². The summed E-state index contributed by atoms with van der Waals surface area (Å²) >= 11 is 0. The van der Waals surface area contributed by atoms with Crippen molar-refractivity contribution in [2.24, 2.45) is 0 Å². The van der Waals surface area contributed by atoms with Gasteiger partial charge >= 0.3 is 6.18 Å². The van der Waals surface area contributed by atoms with Crippen molar-refractivity contribution in [2.75, 3.05) is 5.32 Å². The number of halogens is 3. The number of anilines is 1. The molecule has 2 aromatic carbocycles. The second-order valence-electron chi connectivity index (χ2n) is 7.22. The minimum Gasteiger partial charge on any atom is -0.345 e. The van der Waals surface area contributed by atoms with Crippen molar-refractivity contribution in [3.63, 3.8) is 0 Å². The van der Waals surface area contributed by atoms with E-state index in [4.69, 9.17) is 0 Å². The Hall–Kier alpha value is -3.42. The molecule has 0 bridgehead atoms. The van der Waals surface area contributed by atoms with Gasteiger partial charge in [0, 0.05) is 23.7 Å². The van der Waals surface area contributed by atoms with E-state index < -0.39 is 29.3 Å². The minimum absolute atomic E-state index is 0.0555. The molecule has 4 rings (SSSR count). The molecule has 1 unspecified atom stereocenters. The number of nitrogens with one attached hydrogen (secondary N) is 2. The van der Waals surface area contributed by atoms with Crippen LogP contribution in [-0.2, 0) is 17.4 Å². The number of nitrogens with zero attached hydrogens (tertiary/aromatic N) is 1. The molecule has 1 aliphatic heterocycles. The van der Waals surface area contributed by atoms with Gasteiger partial charge in [0.25, 0.3) is 5.91 Å². The maximum atomic E-state index is 13.8. The van der Waals surface area contributed by atoms with Crippen molar-refractivity contribution < 1.29 is 22.8 Å². The first-order valence-corrected chi connectivity index (χ1v) is 9.42. The molecule has 30 heavy (non-hydrogen) atoms. The Labute approximate surface area is 170 Å². The smallest absolute Gasteiger partial charge is 0.345 e. The fourth-order valence-electron chi connectivity index (χ4n) is 3.65. The maximum Gasteiger partial charge on any atom is 0.417 e. The topological polar surface area (TPSA) is 71.1 Å². The fourth-order valence-corrected chi connectivity index (χ4v) is 3.65. The first-order valence-electron chi connectivity index (χ1n) is 9.42. The molecule has 2 amide bonds. The van der Waals surface area contributed by atoms with Crippen molar-refractivity contribution in [1.82, 2.24) is 10.3 Å². The summed E-state index contributed by atoms with van der Waals surface area (Å²) in [6, 6.07) is 10.6. The van der Waals surface area contributed by atoms with Crippen LogP contribution in [0.3, 0.4) is 0 Å². The molecule has 0 spiro atoms. The van der Waals surface area contributed by atoms with Crippen molar-refractivity contribution in [3.05, 3.63) is 70.9 Å². The molecule has 1 aromatic heterocycles. The second kappa shape index (κ2) is 7.44. The number of amides is 2. The summed E-state index contributed by atoms with van der Waals surface area (Å²) in [4.78, 5) is 28.3. The lowest BCUT2D eigenvalue weighted by molar-refractivity contribution is -0.136. The predicted molar refractivity (Wildman–Crippen MR) is 106 cm³/mol. The summed E-state index contributed by atoms with van der Waals surface area (Å²) in [5.41, 5.74) is 1.04. The van der Waals surface area contributed by atoms with Gasteiger partial charge in [-0.1, -0.05) is 30.3 Å². The number of pyridine rings is 1. The van der Waals surface area contributed by atoms with Crippen molar-refractivity contribution in [2.45, 2.75) is 32.0 Å². The number of aryl methyl sites for hydroxylation is 1. The van der Waals surface area contributed by atoms with E-state index in [1.807, 2.05) is 6.07 Å². The quantitative estimate of drug-likeness (QED) is 0.658. The molecule has 0 radical (unpaired) electrons. The molecule has 3 aromatic rings. The number of hydrogen-bond acceptors (Lipinski definition) is 3. The zero-order chi connectivity index (χ0) is 21.5. The van der Waals surface area contributed by atoms with Crippen LogP contribution < -0.4 is 10.6 Å². The summed E-state index contributed by atoms with van der Waals surface area (Å²) in [7, 11) is 0. The highest BCUT2D eigenvalue weighted by Crippen LogP contribution is 2.37. The van der Waals surface area contributed by atoms with Gasteiger partial charge in [-0.25, -0.2) is 0 Å². The fraction of sp³-hybridized carbons (Fsp3) is 0.227. The van der Waals surface area contributed by atoms with Crippen LogP contribution in [0, 0.1) is 0 Å². The Morgan fingerprint density at radius 2 is 1.93 bits per heavy atom. The molecular formula is C22H18F3N3O2. The minimum atomic E-state index is -4.71. The number of alkyl halides is 3. The number of hydrogen-bond donors (Lipinski definition) is 2. The van der Waals surface area contributed by atoms with Crippen molar-refractivity contribution in [3.8, 4) is 0 Å². The summed E-state index contributed by atoms with van der Waals surface area (Å²) < 4.78 is 41.3. The van der Waals surface area contributed by atoms with E-state index in [9.17, 15) is 22.8 Å². The van der Waals surface area contributed by atoms with Gasteiger partial charge in [-0.15, -0.1) is 0 Å². The number of benzene rings is 2. The van der Waals surface area contributed by atoms with Gasteiger partial charge in [-0.2, -0.15) is 13.2 Å². The first kappa shape index (κ1) is 19.9. The zero-order valence-electron chi connectivity index (χ0n) is 16.0. The SMILES string of the molecule is CC(NC(=O)c1cnc2ccccc2c1C(F)(F)F)c1ccc2c(c1)CCC(=O)N2. The van der Waals surface area contributed by atoms with Crippen LogP contribution in [0.15, 0.2) is 48.7 Å². The average molecular weight is 413 g/mol. The summed E-state index contributed by atoms with van der Waals surface area (Å²) in [6.45, 7) is 1.70. The molecule has 0 aliphatic carbocycles. The summed E-state index contributed by atoms with van der Waals surface area (Å²) in [5.74, 6) is -0.904. The van der Waals surface area contributed by atoms with Crippen LogP contribution in [0.5, 0.6) is 0 Å². The van der Waals surface area contributed by atoms with Crippen LogP contribution in [0.25, 0.3) is 10.9 Å². The number of carbonyl (C=O) groups excluding carboxylic acids is 2. The highest BCUT2D eigenvalue weighted by molar-refractivity contribution is 6.00. The highest BCUT2D eigenvalue weighted by atomic mass is 19.4. The van der Waals surface area contributed by atoms with Gasteiger partial charge in [-0.05, 0) is 36.6 Å². The van der Waals surface area contributed by atoms with Crippen LogP contribution in [0.2, 0.25) is 0 Å². The molecule has 2 heterocycles. The Balaban J connectivity index is 1.64. The van der Waals surface area contributed by atoms with Crippen LogP contribution in [0.1, 0.15) is 46.4 Å². The largest absolute Gasteiger partial charge is 0.417 e. The first-order chi connectivity index (χ1) is 14.2. The van der Waals surface area contributed by atoms with Crippen LogP contribution >= 0.6 is 0 Å². The van der Waals surface area contributed by atoms with E-state index in [0.29, 0.717) is 18.5 Å². The number of fused-ring (bicyclic) bond motifs is 2. The van der Waals surface area contributed by atoms with Crippen molar-refractivity contribution >= 4 is 28.4 Å².